The third-order valence-electron chi connectivity index (χ3n) is 2.53. The van der Waals surface area contributed by atoms with Gasteiger partial charge in [-0.25, -0.2) is 10.0 Å². The number of amides is 1. The molecule has 0 saturated carbocycles. The van der Waals surface area contributed by atoms with Gasteiger partial charge < -0.3 is 4.40 Å². The van der Waals surface area contributed by atoms with Crippen molar-refractivity contribution in [3.63, 3.8) is 0 Å². The van der Waals surface area contributed by atoms with Crippen molar-refractivity contribution in [1.82, 2.24) is 14.4 Å². The van der Waals surface area contributed by atoms with E-state index in [9.17, 15) is 4.79 Å². The van der Waals surface area contributed by atoms with Crippen LogP contribution in [0, 0.1) is 6.92 Å². The number of pyridine rings is 1. The van der Waals surface area contributed by atoms with Crippen LogP contribution in [0.25, 0.3) is 5.65 Å². The third kappa shape index (κ3) is 1.55. The molecule has 0 bridgehead atoms. The van der Waals surface area contributed by atoms with Crippen molar-refractivity contribution in [3.05, 3.63) is 35.8 Å². The summed E-state index contributed by atoms with van der Waals surface area (Å²) in [5.41, 5.74) is 1.98. The Balaban J connectivity index is 2.53. The zero-order valence-electron chi connectivity index (χ0n) is 9.47. The number of rotatable bonds is 2. The van der Waals surface area contributed by atoms with Crippen LogP contribution in [0.2, 0.25) is 0 Å². The Morgan fingerprint density at radius 2 is 2.25 bits per heavy atom. The lowest BCUT2D eigenvalue weighted by Gasteiger charge is -2.11. The van der Waals surface area contributed by atoms with Gasteiger partial charge in [-0.3, -0.25) is 9.63 Å². The largest absolute Gasteiger partial charge is 0.304 e. The molecule has 84 valence electrons. The van der Waals surface area contributed by atoms with Crippen molar-refractivity contribution in [2.24, 2.45) is 0 Å². The Morgan fingerprint density at radius 1 is 1.50 bits per heavy atom. The lowest BCUT2D eigenvalue weighted by molar-refractivity contribution is -0.0760. The van der Waals surface area contributed by atoms with Gasteiger partial charge in [0.1, 0.15) is 5.65 Å². The molecule has 16 heavy (non-hydrogen) atoms. The molecule has 0 radical (unpaired) electrons. The first-order valence-electron chi connectivity index (χ1n) is 4.91. The van der Waals surface area contributed by atoms with Crippen molar-refractivity contribution < 1.29 is 9.63 Å². The fourth-order valence-corrected chi connectivity index (χ4v) is 1.55. The number of hydrogen-bond donors (Lipinski definition) is 0. The number of hydrogen-bond acceptors (Lipinski definition) is 3. The number of aromatic nitrogens is 2. The van der Waals surface area contributed by atoms with Gasteiger partial charge in [0.2, 0.25) is 0 Å². The normalized spacial score (nSPS) is 10.7. The molecule has 0 aliphatic carbocycles. The van der Waals surface area contributed by atoms with E-state index in [0.29, 0.717) is 5.69 Å². The van der Waals surface area contributed by atoms with Gasteiger partial charge in [-0.05, 0) is 19.1 Å². The molecule has 5 nitrogen and oxygen atoms in total. The molecule has 0 aliphatic rings. The zero-order valence-corrected chi connectivity index (χ0v) is 9.47. The minimum absolute atomic E-state index is 0.247. The van der Waals surface area contributed by atoms with Crippen LogP contribution in [0.3, 0.4) is 0 Å². The smallest absolute Gasteiger partial charge is 0.297 e. The van der Waals surface area contributed by atoms with E-state index in [-0.39, 0.29) is 5.91 Å². The molecular formula is C11H13N3O2. The van der Waals surface area contributed by atoms with Crippen LogP contribution >= 0.6 is 0 Å². The molecule has 2 rings (SSSR count). The van der Waals surface area contributed by atoms with Crippen LogP contribution in [0.15, 0.2) is 24.4 Å². The van der Waals surface area contributed by atoms with E-state index in [1.54, 1.807) is 7.05 Å². The molecule has 1 amide bonds. The number of imidazole rings is 1. The second kappa shape index (κ2) is 3.94. The summed E-state index contributed by atoms with van der Waals surface area (Å²) < 4.78 is 1.87. The maximum Gasteiger partial charge on any atom is 0.297 e. The molecule has 5 heteroatoms. The van der Waals surface area contributed by atoms with Crippen LogP contribution < -0.4 is 0 Å². The number of carbonyl (C=O) groups is 1. The summed E-state index contributed by atoms with van der Waals surface area (Å²) >= 11 is 0. The second-order valence-electron chi connectivity index (χ2n) is 3.46. The van der Waals surface area contributed by atoms with Gasteiger partial charge in [0, 0.05) is 13.2 Å². The van der Waals surface area contributed by atoms with E-state index in [2.05, 4.69) is 4.98 Å². The molecule has 0 N–H and O–H groups in total. The Hall–Kier alpha value is -1.88. The van der Waals surface area contributed by atoms with Gasteiger partial charge in [0.15, 0.2) is 5.69 Å². The highest BCUT2D eigenvalue weighted by molar-refractivity contribution is 5.93. The minimum Gasteiger partial charge on any atom is -0.304 e. The van der Waals surface area contributed by atoms with Crippen LogP contribution in [0.5, 0.6) is 0 Å². The summed E-state index contributed by atoms with van der Waals surface area (Å²) in [5, 5.41) is 1.16. The van der Waals surface area contributed by atoms with Crippen molar-refractivity contribution in [3.8, 4) is 0 Å². The van der Waals surface area contributed by atoms with Crippen molar-refractivity contribution in [2.45, 2.75) is 6.92 Å². The van der Waals surface area contributed by atoms with E-state index in [1.807, 2.05) is 35.7 Å². The van der Waals surface area contributed by atoms with Crippen LogP contribution in [-0.4, -0.2) is 34.5 Å². The van der Waals surface area contributed by atoms with E-state index in [4.69, 9.17) is 4.84 Å². The minimum atomic E-state index is -0.247. The third-order valence-corrected chi connectivity index (χ3v) is 2.53. The Morgan fingerprint density at radius 3 is 2.88 bits per heavy atom. The number of carbonyl (C=O) groups excluding carboxylic acids is 1. The summed E-state index contributed by atoms with van der Waals surface area (Å²) in [5.74, 6) is -0.247. The number of hydroxylamine groups is 2. The summed E-state index contributed by atoms with van der Waals surface area (Å²) in [4.78, 5) is 21.0. The van der Waals surface area contributed by atoms with Crippen molar-refractivity contribution in [2.75, 3.05) is 14.2 Å². The zero-order chi connectivity index (χ0) is 11.7. The predicted octanol–water partition coefficient (Wildman–Crippen LogP) is 1.28. The number of aryl methyl sites for hydroxylation is 1. The van der Waals surface area contributed by atoms with E-state index < -0.39 is 0 Å². The topological polar surface area (TPSA) is 46.8 Å². The standard InChI is InChI=1S/C11H13N3O2/c1-8-10(11(15)13(2)16-3)12-9-6-4-5-7-14(8)9/h4-7H,1-3H3. The van der Waals surface area contributed by atoms with Crippen LogP contribution in [0.4, 0.5) is 0 Å². The van der Waals surface area contributed by atoms with Crippen molar-refractivity contribution >= 4 is 11.6 Å². The molecule has 0 saturated heterocycles. The molecule has 2 aromatic heterocycles. The maximum absolute atomic E-state index is 11.9. The van der Waals surface area contributed by atoms with Gasteiger partial charge in [0.25, 0.3) is 5.91 Å². The van der Waals surface area contributed by atoms with Crippen molar-refractivity contribution in [1.29, 1.82) is 0 Å². The summed E-state index contributed by atoms with van der Waals surface area (Å²) in [6, 6.07) is 5.64. The fraction of sp³-hybridized carbons (Fsp3) is 0.273. The molecule has 0 unspecified atom stereocenters. The lowest BCUT2D eigenvalue weighted by Crippen LogP contribution is -2.26. The molecule has 2 aromatic rings. The SMILES string of the molecule is CON(C)C(=O)c1nc2ccccn2c1C. The molecule has 0 spiro atoms. The maximum atomic E-state index is 11.9. The molecule has 0 aromatic carbocycles. The highest BCUT2D eigenvalue weighted by Crippen LogP contribution is 2.12. The Bertz CT molecular complexity index is 533. The first-order valence-corrected chi connectivity index (χ1v) is 4.91. The van der Waals surface area contributed by atoms with Crippen LogP contribution in [-0.2, 0) is 4.84 Å². The van der Waals surface area contributed by atoms with Gasteiger partial charge in [-0.2, -0.15) is 0 Å². The highest BCUT2D eigenvalue weighted by Gasteiger charge is 2.19. The quantitative estimate of drug-likeness (QED) is 0.715. The van der Waals surface area contributed by atoms with Gasteiger partial charge in [-0.15, -0.1) is 0 Å². The van der Waals surface area contributed by atoms with Gasteiger partial charge in [-0.1, -0.05) is 6.07 Å². The summed E-state index contributed by atoms with van der Waals surface area (Å²) in [7, 11) is 3.01. The molecular weight excluding hydrogens is 206 g/mol. The molecule has 0 aliphatic heterocycles. The molecule has 0 atom stereocenters. The first kappa shape index (κ1) is 10.6. The lowest BCUT2D eigenvalue weighted by atomic mass is 10.3. The summed E-state index contributed by atoms with van der Waals surface area (Å²) in [6.45, 7) is 1.86. The number of fused-ring (bicyclic) bond motifs is 1. The number of nitrogens with zero attached hydrogens (tertiary/aromatic N) is 3. The average Bonchev–Trinajstić information content (AvgIpc) is 2.65. The fourth-order valence-electron chi connectivity index (χ4n) is 1.55. The molecule has 2 heterocycles. The summed E-state index contributed by atoms with van der Waals surface area (Å²) in [6.07, 6.45) is 1.88. The average molecular weight is 219 g/mol. The second-order valence-corrected chi connectivity index (χ2v) is 3.46. The van der Waals surface area contributed by atoms with Gasteiger partial charge in [0.05, 0.1) is 12.8 Å². The first-order chi connectivity index (χ1) is 7.65. The predicted molar refractivity (Wildman–Crippen MR) is 59.0 cm³/mol. The van der Waals surface area contributed by atoms with E-state index in [0.717, 1.165) is 16.4 Å². The van der Waals surface area contributed by atoms with E-state index in [1.165, 1.54) is 7.11 Å². The van der Waals surface area contributed by atoms with E-state index >= 15 is 0 Å². The Kier molecular flexibility index (Phi) is 2.62. The monoisotopic (exact) mass is 219 g/mol. The van der Waals surface area contributed by atoms with Gasteiger partial charge >= 0.3 is 0 Å². The highest BCUT2D eigenvalue weighted by atomic mass is 16.7. The molecule has 0 fully saturated rings. The Labute approximate surface area is 93.2 Å². The van der Waals surface area contributed by atoms with Crippen LogP contribution in [0.1, 0.15) is 16.2 Å².